The van der Waals surface area contributed by atoms with Gasteiger partial charge in [0, 0.05) is 37.2 Å². The molecule has 1 saturated heterocycles. The summed E-state index contributed by atoms with van der Waals surface area (Å²) in [5.41, 5.74) is 8.67. The summed E-state index contributed by atoms with van der Waals surface area (Å²) in [6.45, 7) is 4.59. The minimum absolute atomic E-state index is 0.0686. The first kappa shape index (κ1) is 18.8. The first-order valence-corrected chi connectivity index (χ1v) is 9.97. The molecule has 0 aliphatic carbocycles. The molecule has 1 atom stereocenters. The normalized spacial score (nSPS) is 20.9. The maximum atomic E-state index is 12.0. The van der Waals surface area contributed by atoms with E-state index < -0.39 is 11.5 Å². The maximum absolute atomic E-state index is 12.0. The largest absolute Gasteiger partial charge is 0.484 e. The number of rotatable bonds is 4. The number of carbonyl (C=O) groups is 1. The van der Waals surface area contributed by atoms with Crippen LogP contribution in [0.4, 0.5) is 5.69 Å². The Hall–Kier alpha value is -3.17. The quantitative estimate of drug-likeness (QED) is 0.597. The molecule has 3 aromatic rings. The van der Waals surface area contributed by atoms with Crippen molar-refractivity contribution in [3.05, 3.63) is 47.9 Å². The van der Waals surface area contributed by atoms with E-state index in [0.717, 1.165) is 35.8 Å². The van der Waals surface area contributed by atoms with Crippen LogP contribution >= 0.6 is 0 Å². The lowest BCUT2D eigenvalue weighted by molar-refractivity contribution is -0.600. The summed E-state index contributed by atoms with van der Waals surface area (Å²) >= 11 is 0. The smallest absolute Gasteiger partial charge is 0.361 e. The third-order valence-corrected chi connectivity index (χ3v) is 5.73. The van der Waals surface area contributed by atoms with E-state index in [-0.39, 0.29) is 6.61 Å². The standard InChI is InChI=1S/C21H23N5O4/c1-21(13-27)11-14-9-17(16(10-18(14)30-21)24-5-7-29-8-6-24)26-12-15(19(22)28)20-23-3-2-4-25(20)26/h2-4,9-10,12,27H,5-8,11,13H2,1H3,(H-,22,28)/p+1. The van der Waals surface area contributed by atoms with Crippen molar-refractivity contribution in [3.63, 3.8) is 0 Å². The van der Waals surface area contributed by atoms with Crippen molar-refractivity contribution in [3.8, 4) is 11.4 Å². The van der Waals surface area contributed by atoms with Crippen LogP contribution in [0.1, 0.15) is 22.8 Å². The number of fused-ring (bicyclic) bond motifs is 2. The van der Waals surface area contributed by atoms with E-state index in [1.54, 1.807) is 12.4 Å². The average Bonchev–Trinajstić information content (AvgIpc) is 3.31. The number of amides is 1. The fourth-order valence-corrected chi connectivity index (χ4v) is 4.20. The Bertz CT molecular complexity index is 1140. The van der Waals surface area contributed by atoms with Gasteiger partial charge in [0.15, 0.2) is 5.56 Å². The van der Waals surface area contributed by atoms with Gasteiger partial charge in [-0.05, 0) is 18.0 Å². The molecule has 9 heteroatoms. The van der Waals surface area contributed by atoms with E-state index in [1.807, 2.05) is 34.5 Å². The number of primary amides is 1. The summed E-state index contributed by atoms with van der Waals surface area (Å²) in [6, 6.07) is 5.89. The van der Waals surface area contributed by atoms with Crippen LogP contribution in [0.5, 0.6) is 5.75 Å². The fourth-order valence-electron chi connectivity index (χ4n) is 4.20. The Balaban J connectivity index is 1.73. The molecule has 1 fully saturated rings. The molecule has 9 nitrogen and oxygen atoms in total. The first-order valence-electron chi connectivity index (χ1n) is 9.97. The van der Waals surface area contributed by atoms with E-state index in [4.69, 9.17) is 15.2 Å². The van der Waals surface area contributed by atoms with Crippen LogP contribution in [0.3, 0.4) is 0 Å². The van der Waals surface area contributed by atoms with E-state index in [0.29, 0.717) is 30.8 Å². The SMILES string of the molecule is CC1(CO)Cc2cc(-n3cc(C(N)=O)c4nccc[n+]43)c(N3CCOCC3)cc2O1. The molecule has 30 heavy (non-hydrogen) atoms. The summed E-state index contributed by atoms with van der Waals surface area (Å²) in [5, 5.41) is 9.79. The van der Waals surface area contributed by atoms with Crippen molar-refractivity contribution >= 4 is 17.2 Å². The molecular weight excluding hydrogens is 386 g/mol. The molecular formula is C21H24N5O4+. The number of nitrogens with two attached hydrogens (primary N) is 1. The van der Waals surface area contributed by atoms with E-state index >= 15 is 0 Å². The monoisotopic (exact) mass is 410 g/mol. The molecule has 4 heterocycles. The molecule has 5 rings (SSSR count). The van der Waals surface area contributed by atoms with Gasteiger partial charge in [-0.2, -0.15) is 4.68 Å². The molecule has 1 unspecified atom stereocenters. The maximum Gasteiger partial charge on any atom is 0.361 e. The highest BCUT2D eigenvalue weighted by Crippen LogP contribution is 2.41. The highest BCUT2D eigenvalue weighted by atomic mass is 16.5. The minimum atomic E-state index is -0.644. The number of anilines is 1. The summed E-state index contributed by atoms with van der Waals surface area (Å²) < 4.78 is 15.3. The minimum Gasteiger partial charge on any atom is -0.484 e. The van der Waals surface area contributed by atoms with Crippen molar-refractivity contribution in [2.45, 2.75) is 18.9 Å². The fraction of sp³-hybridized carbons (Fsp3) is 0.381. The number of morpholine rings is 1. The number of aliphatic hydroxyl groups excluding tert-OH is 1. The summed E-state index contributed by atoms with van der Waals surface area (Å²) in [5.74, 6) is 0.238. The molecule has 2 aromatic heterocycles. The zero-order valence-electron chi connectivity index (χ0n) is 16.7. The Morgan fingerprint density at radius 3 is 2.87 bits per heavy atom. The lowest BCUT2D eigenvalue weighted by Gasteiger charge is -2.30. The lowest BCUT2D eigenvalue weighted by atomic mass is 9.99. The molecule has 156 valence electrons. The predicted octanol–water partition coefficient (Wildman–Crippen LogP) is 0.232. The molecule has 0 spiro atoms. The number of hydrogen-bond donors (Lipinski definition) is 2. The van der Waals surface area contributed by atoms with Gasteiger partial charge in [0.1, 0.15) is 29.4 Å². The predicted molar refractivity (Wildman–Crippen MR) is 108 cm³/mol. The number of aromatic nitrogens is 3. The molecule has 3 N–H and O–H groups in total. The van der Waals surface area contributed by atoms with Gasteiger partial charge in [-0.1, -0.05) is 0 Å². The molecule has 0 saturated carbocycles. The van der Waals surface area contributed by atoms with Crippen molar-refractivity contribution < 1.29 is 23.9 Å². The van der Waals surface area contributed by atoms with Crippen LogP contribution in [0.25, 0.3) is 11.3 Å². The lowest BCUT2D eigenvalue weighted by Crippen LogP contribution is -2.38. The van der Waals surface area contributed by atoms with E-state index in [9.17, 15) is 9.90 Å². The van der Waals surface area contributed by atoms with Crippen LogP contribution in [0, 0.1) is 0 Å². The Labute approximate surface area is 173 Å². The third-order valence-electron chi connectivity index (χ3n) is 5.73. The molecule has 2 aliphatic heterocycles. The third kappa shape index (κ3) is 2.98. The van der Waals surface area contributed by atoms with Gasteiger partial charge in [-0.25, -0.2) is 0 Å². The van der Waals surface area contributed by atoms with Gasteiger partial charge in [-0.15, -0.1) is 4.52 Å². The molecule has 1 amide bonds. The van der Waals surface area contributed by atoms with Gasteiger partial charge >= 0.3 is 5.65 Å². The van der Waals surface area contributed by atoms with E-state index in [1.165, 1.54) is 0 Å². The van der Waals surface area contributed by atoms with Crippen LogP contribution in [0.2, 0.25) is 0 Å². The van der Waals surface area contributed by atoms with Crippen molar-refractivity contribution in [1.82, 2.24) is 9.67 Å². The van der Waals surface area contributed by atoms with Crippen molar-refractivity contribution in [2.75, 3.05) is 37.8 Å². The van der Waals surface area contributed by atoms with Crippen molar-refractivity contribution in [2.24, 2.45) is 5.73 Å². The number of carbonyl (C=O) groups excluding carboxylic acids is 1. The average molecular weight is 410 g/mol. The van der Waals surface area contributed by atoms with Crippen LogP contribution in [-0.2, 0) is 11.2 Å². The van der Waals surface area contributed by atoms with Gasteiger partial charge in [0.2, 0.25) is 0 Å². The Kier molecular flexibility index (Phi) is 4.37. The number of benzene rings is 1. The number of ether oxygens (including phenoxy) is 2. The Morgan fingerprint density at radius 2 is 2.13 bits per heavy atom. The van der Waals surface area contributed by atoms with Gasteiger partial charge in [0.25, 0.3) is 5.91 Å². The Morgan fingerprint density at radius 1 is 1.33 bits per heavy atom. The highest BCUT2D eigenvalue weighted by molar-refractivity contribution is 5.97. The second-order valence-electron chi connectivity index (χ2n) is 7.97. The van der Waals surface area contributed by atoms with Gasteiger partial charge < -0.3 is 25.2 Å². The molecule has 0 bridgehead atoms. The van der Waals surface area contributed by atoms with Crippen LogP contribution in [0.15, 0.2) is 36.8 Å². The number of aliphatic hydroxyl groups is 1. The first-order chi connectivity index (χ1) is 14.5. The van der Waals surface area contributed by atoms with E-state index in [2.05, 4.69) is 16.0 Å². The second kappa shape index (κ2) is 6.96. The van der Waals surface area contributed by atoms with Gasteiger partial charge in [-0.3, -0.25) is 4.79 Å². The summed E-state index contributed by atoms with van der Waals surface area (Å²) in [4.78, 5) is 18.6. The second-order valence-corrected chi connectivity index (χ2v) is 7.97. The van der Waals surface area contributed by atoms with Crippen LogP contribution < -0.4 is 19.9 Å². The molecule has 2 aliphatic rings. The summed E-state index contributed by atoms with van der Waals surface area (Å²) in [6.07, 6.45) is 5.80. The van der Waals surface area contributed by atoms with Crippen LogP contribution in [-0.4, -0.2) is 59.2 Å². The zero-order chi connectivity index (χ0) is 20.9. The molecule has 0 radical (unpaired) electrons. The molecule has 1 aromatic carbocycles. The topological polar surface area (TPSA) is 107 Å². The van der Waals surface area contributed by atoms with Gasteiger partial charge in [0.05, 0.1) is 31.7 Å². The summed E-state index contributed by atoms with van der Waals surface area (Å²) in [7, 11) is 0. The van der Waals surface area contributed by atoms with Crippen molar-refractivity contribution in [1.29, 1.82) is 0 Å². The zero-order valence-corrected chi connectivity index (χ0v) is 16.7. The highest BCUT2D eigenvalue weighted by Gasteiger charge is 2.36. The number of hydrogen-bond acceptors (Lipinski definition) is 6. The number of nitrogens with zero attached hydrogens (tertiary/aromatic N) is 4.